The molecule has 0 bridgehead atoms. The van der Waals surface area contributed by atoms with Crippen LogP contribution in [0.25, 0.3) is 0 Å². The van der Waals surface area contributed by atoms with Gasteiger partial charge in [-0.15, -0.1) is 0 Å². The summed E-state index contributed by atoms with van der Waals surface area (Å²) >= 11 is 12.4. The van der Waals surface area contributed by atoms with Gasteiger partial charge in [0, 0.05) is 19.5 Å². The van der Waals surface area contributed by atoms with Gasteiger partial charge in [0.1, 0.15) is 12.6 Å². The van der Waals surface area contributed by atoms with Crippen LogP contribution in [0.3, 0.4) is 0 Å². The van der Waals surface area contributed by atoms with E-state index in [9.17, 15) is 18.0 Å². The molecule has 7 nitrogen and oxygen atoms in total. The summed E-state index contributed by atoms with van der Waals surface area (Å²) in [5.41, 5.74) is 3.49. The fourth-order valence-corrected chi connectivity index (χ4v) is 5.48. The van der Waals surface area contributed by atoms with E-state index in [1.165, 1.54) is 4.90 Å². The highest BCUT2D eigenvalue weighted by Gasteiger charge is 2.33. The van der Waals surface area contributed by atoms with Crippen LogP contribution in [-0.2, 0) is 32.6 Å². The summed E-state index contributed by atoms with van der Waals surface area (Å²) in [6.45, 7) is 5.36. The van der Waals surface area contributed by atoms with E-state index in [2.05, 4.69) is 5.32 Å². The summed E-state index contributed by atoms with van der Waals surface area (Å²) < 4.78 is 27.0. The third-order valence-electron chi connectivity index (χ3n) is 6.27. The average Bonchev–Trinajstić information content (AvgIpc) is 2.88. The van der Waals surface area contributed by atoms with E-state index in [4.69, 9.17) is 23.2 Å². The van der Waals surface area contributed by atoms with Crippen molar-refractivity contribution in [3.05, 3.63) is 99.0 Å². The first-order chi connectivity index (χ1) is 18.4. The minimum Gasteiger partial charge on any atom is -0.355 e. The molecule has 3 aromatic rings. The van der Waals surface area contributed by atoms with Crippen LogP contribution in [0.5, 0.6) is 0 Å². The standard InChI is InChI=1S/C29H33Cl2N3O4S/c1-5-32-29(36)27(17-22-9-7-6-8-10-22)33(18-23-13-14-24(30)25(31)16-23)28(35)19-34(39(4,37)38)26-15-20(2)11-12-21(26)3/h6-16,27H,5,17-19H2,1-4H3,(H,32,36)/t27-/m1/s1. The molecule has 0 aromatic heterocycles. The highest BCUT2D eigenvalue weighted by Crippen LogP contribution is 2.27. The summed E-state index contributed by atoms with van der Waals surface area (Å²) in [7, 11) is -3.84. The summed E-state index contributed by atoms with van der Waals surface area (Å²) in [5, 5.41) is 3.50. The van der Waals surface area contributed by atoms with E-state index in [1.54, 1.807) is 38.1 Å². The van der Waals surface area contributed by atoms with Gasteiger partial charge in [0.15, 0.2) is 0 Å². The van der Waals surface area contributed by atoms with Gasteiger partial charge in [-0.25, -0.2) is 8.42 Å². The van der Waals surface area contributed by atoms with Crippen LogP contribution in [-0.4, -0.2) is 50.5 Å². The second-order valence-electron chi connectivity index (χ2n) is 9.43. The third-order valence-corrected chi connectivity index (χ3v) is 8.14. The number of nitrogens with zero attached hydrogens (tertiary/aromatic N) is 2. The first-order valence-electron chi connectivity index (χ1n) is 12.5. The number of hydrogen-bond donors (Lipinski definition) is 1. The Morgan fingerprint density at radius 2 is 1.62 bits per heavy atom. The molecule has 0 heterocycles. The van der Waals surface area contributed by atoms with Crippen molar-refractivity contribution in [3.8, 4) is 0 Å². The normalized spacial score (nSPS) is 12.1. The molecule has 1 atom stereocenters. The summed E-state index contributed by atoms with van der Waals surface area (Å²) in [4.78, 5) is 28.8. The lowest BCUT2D eigenvalue weighted by Crippen LogP contribution is -2.53. The Morgan fingerprint density at radius 1 is 0.923 bits per heavy atom. The number of carbonyl (C=O) groups excluding carboxylic acids is 2. The van der Waals surface area contributed by atoms with E-state index >= 15 is 0 Å². The SMILES string of the molecule is CCNC(=O)[C@@H](Cc1ccccc1)N(Cc1ccc(Cl)c(Cl)c1)C(=O)CN(c1cc(C)ccc1C)S(C)(=O)=O. The lowest BCUT2D eigenvalue weighted by molar-refractivity contribution is -0.140. The number of carbonyl (C=O) groups is 2. The van der Waals surface area contributed by atoms with Crippen molar-refractivity contribution in [2.75, 3.05) is 23.7 Å². The maximum absolute atomic E-state index is 14.0. The van der Waals surface area contributed by atoms with Crippen molar-refractivity contribution in [2.45, 2.75) is 39.8 Å². The van der Waals surface area contributed by atoms with Gasteiger partial charge in [-0.05, 0) is 61.2 Å². The van der Waals surface area contributed by atoms with Crippen molar-refractivity contribution in [3.63, 3.8) is 0 Å². The van der Waals surface area contributed by atoms with Gasteiger partial charge in [-0.1, -0.05) is 71.7 Å². The largest absolute Gasteiger partial charge is 0.355 e. The van der Waals surface area contributed by atoms with Crippen molar-refractivity contribution < 1.29 is 18.0 Å². The Bertz CT molecular complexity index is 1430. The Labute approximate surface area is 240 Å². The lowest BCUT2D eigenvalue weighted by atomic mass is 10.0. The fraction of sp³-hybridized carbons (Fsp3) is 0.310. The second kappa shape index (κ2) is 13.3. The number of halogens is 2. The molecule has 10 heteroatoms. The fourth-order valence-electron chi connectivity index (χ4n) is 4.26. The number of anilines is 1. The van der Waals surface area contributed by atoms with Crippen LogP contribution in [0.1, 0.15) is 29.2 Å². The summed E-state index contributed by atoms with van der Waals surface area (Å²) in [6, 6.07) is 18.9. The lowest BCUT2D eigenvalue weighted by Gasteiger charge is -2.34. The number of nitrogens with one attached hydrogen (secondary N) is 1. The van der Waals surface area contributed by atoms with Crippen LogP contribution in [0.2, 0.25) is 10.0 Å². The van der Waals surface area contributed by atoms with Crippen molar-refractivity contribution >= 4 is 50.7 Å². The average molecular weight is 591 g/mol. The molecule has 3 rings (SSSR count). The maximum atomic E-state index is 14.0. The zero-order valence-corrected chi connectivity index (χ0v) is 24.8. The molecule has 39 heavy (non-hydrogen) atoms. The van der Waals surface area contributed by atoms with Gasteiger partial charge in [0.05, 0.1) is 22.0 Å². The van der Waals surface area contributed by atoms with Crippen LogP contribution >= 0.6 is 23.2 Å². The minimum atomic E-state index is -3.84. The van der Waals surface area contributed by atoms with Crippen molar-refractivity contribution in [1.29, 1.82) is 0 Å². The van der Waals surface area contributed by atoms with Gasteiger partial charge in [-0.3, -0.25) is 13.9 Å². The van der Waals surface area contributed by atoms with Crippen molar-refractivity contribution in [2.24, 2.45) is 0 Å². The van der Waals surface area contributed by atoms with Crippen LogP contribution in [0.4, 0.5) is 5.69 Å². The molecule has 0 aliphatic heterocycles. The molecular formula is C29H33Cl2N3O4S. The van der Waals surface area contributed by atoms with E-state index in [-0.39, 0.29) is 18.9 Å². The molecule has 208 valence electrons. The first kappa shape index (κ1) is 30.5. The zero-order chi connectivity index (χ0) is 28.7. The molecule has 0 saturated carbocycles. The first-order valence-corrected chi connectivity index (χ1v) is 15.1. The van der Waals surface area contributed by atoms with E-state index in [0.29, 0.717) is 33.4 Å². The Hall–Kier alpha value is -3.07. The second-order valence-corrected chi connectivity index (χ2v) is 12.2. The van der Waals surface area contributed by atoms with Gasteiger partial charge in [0.25, 0.3) is 0 Å². The zero-order valence-electron chi connectivity index (χ0n) is 22.4. The smallest absolute Gasteiger partial charge is 0.244 e. The van der Waals surface area contributed by atoms with Gasteiger partial charge in [0.2, 0.25) is 21.8 Å². The summed E-state index contributed by atoms with van der Waals surface area (Å²) in [5.74, 6) is -0.869. The van der Waals surface area contributed by atoms with Gasteiger partial charge >= 0.3 is 0 Å². The molecule has 0 saturated heterocycles. The molecule has 2 amide bonds. The predicted molar refractivity (Wildman–Crippen MR) is 158 cm³/mol. The van der Waals surface area contributed by atoms with E-state index < -0.39 is 28.5 Å². The van der Waals surface area contributed by atoms with E-state index in [0.717, 1.165) is 21.7 Å². The number of benzene rings is 3. The summed E-state index contributed by atoms with van der Waals surface area (Å²) in [6.07, 6.45) is 1.30. The number of amides is 2. The van der Waals surface area contributed by atoms with E-state index in [1.807, 2.05) is 49.4 Å². The maximum Gasteiger partial charge on any atom is 0.244 e. The van der Waals surface area contributed by atoms with Crippen LogP contribution < -0.4 is 9.62 Å². The molecule has 0 fully saturated rings. The molecule has 0 aliphatic carbocycles. The quantitative estimate of drug-likeness (QED) is 0.335. The highest BCUT2D eigenvalue weighted by molar-refractivity contribution is 7.92. The number of hydrogen-bond acceptors (Lipinski definition) is 4. The molecule has 0 unspecified atom stereocenters. The Kier molecular flexibility index (Phi) is 10.4. The van der Waals surface area contributed by atoms with Crippen LogP contribution in [0, 0.1) is 13.8 Å². The molecule has 0 radical (unpaired) electrons. The van der Waals surface area contributed by atoms with Gasteiger partial charge < -0.3 is 10.2 Å². The number of aryl methyl sites for hydroxylation is 2. The number of likely N-dealkylation sites (N-methyl/N-ethyl adjacent to an activating group) is 1. The number of rotatable bonds is 11. The van der Waals surface area contributed by atoms with Gasteiger partial charge in [-0.2, -0.15) is 0 Å². The Morgan fingerprint density at radius 3 is 2.23 bits per heavy atom. The Balaban J connectivity index is 2.08. The molecule has 0 spiro atoms. The van der Waals surface area contributed by atoms with Crippen LogP contribution in [0.15, 0.2) is 66.7 Å². The molecule has 3 aromatic carbocycles. The third kappa shape index (κ3) is 8.21. The molecule has 0 aliphatic rings. The monoisotopic (exact) mass is 589 g/mol. The molecular weight excluding hydrogens is 557 g/mol. The predicted octanol–water partition coefficient (Wildman–Crippen LogP) is 5.15. The van der Waals surface area contributed by atoms with Crippen molar-refractivity contribution in [1.82, 2.24) is 10.2 Å². The minimum absolute atomic E-state index is 0.0226. The molecule has 1 N–H and O–H groups in total. The topological polar surface area (TPSA) is 86.8 Å². The highest BCUT2D eigenvalue weighted by atomic mass is 35.5. The number of sulfonamides is 1.